The first kappa shape index (κ1) is 12.8. The summed E-state index contributed by atoms with van der Waals surface area (Å²) in [4.78, 5) is 0. The zero-order valence-electron chi connectivity index (χ0n) is 11.9. The highest BCUT2D eigenvalue weighted by atomic mass is 14.5. The van der Waals surface area contributed by atoms with Crippen molar-refractivity contribution in [3.63, 3.8) is 0 Å². The molecule has 0 nitrogen and oxygen atoms in total. The van der Waals surface area contributed by atoms with Crippen molar-refractivity contribution in [2.75, 3.05) is 0 Å². The second-order valence-corrected chi connectivity index (χ2v) is 7.47. The van der Waals surface area contributed by atoms with Crippen molar-refractivity contribution >= 4 is 0 Å². The van der Waals surface area contributed by atoms with Gasteiger partial charge in [-0.15, -0.1) is 0 Å². The third kappa shape index (κ3) is 2.46. The highest BCUT2D eigenvalue weighted by Gasteiger charge is 2.42. The number of hydrogen-bond acceptors (Lipinski definition) is 0. The Balaban J connectivity index is 3.06. The lowest BCUT2D eigenvalue weighted by molar-refractivity contribution is 0.198. The van der Waals surface area contributed by atoms with Crippen molar-refractivity contribution in [3.8, 4) is 0 Å². The Morgan fingerprint density at radius 2 is 1.47 bits per heavy atom. The van der Waals surface area contributed by atoms with Gasteiger partial charge in [-0.25, -0.2) is 0 Å². The maximum absolute atomic E-state index is 2.38. The highest BCUT2D eigenvalue weighted by Crippen LogP contribution is 2.54. The first-order chi connectivity index (χ1) is 6.55. The standard InChI is InChI=1S/C15H28/c1-10(2)11-9-12(14(3,4)5)13(11)15(6,7)8/h10,12H,9H2,1-8H3. The SMILES string of the molecule is CC(C)C1=C(C(C)(C)C)C(C(C)(C)C)C1. The molecule has 0 heterocycles. The van der Waals surface area contributed by atoms with Crippen molar-refractivity contribution < 1.29 is 0 Å². The first-order valence-electron chi connectivity index (χ1n) is 6.28. The molecule has 0 aliphatic heterocycles. The van der Waals surface area contributed by atoms with Gasteiger partial charge in [0.05, 0.1) is 0 Å². The average molecular weight is 208 g/mol. The fourth-order valence-corrected chi connectivity index (χ4v) is 2.81. The van der Waals surface area contributed by atoms with Crippen LogP contribution in [0, 0.1) is 22.7 Å². The van der Waals surface area contributed by atoms with Crippen LogP contribution in [-0.4, -0.2) is 0 Å². The molecule has 0 aromatic rings. The van der Waals surface area contributed by atoms with Gasteiger partial charge in [0.25, 0.3) is 0 Å². The Hall–Kier alpha value is -0.260. The Kier molecular flexibility index (Phi) is 3.11. The lowest BCUT2D eigenvalue weighted by Crippen LogP contribution is -2.38. The van der Waals surface area contributed by atoms with Gasteiger partial charge in [-0.2, -0.15) is 0 Å². The summed E-state index contributed by atoms with van der Waals surface area (Å²) in [6, 6.07) is 0. The minimum absolute atomic E-state index is 0.357. The fraction of sp³-hybridized carbons (Fsp3) is 0.867. The van der Waals surface area contributed by atoms with Crippen LogP contribution in [0.1, 0.15) is 61.8 Å². The minimum atomic E-state index is 0.357. The summed E-state index contributed by atoms with van der Waals surface area (Å²) in [5, 5.41) is 0. The molecule has 1 aliphatic rings. The normalized spacial score (nSPS) is 23.4. The fourth-order valence-electron chi connectivity index (χ4n) is 2.81. The highest BCUT2D eigenvalue weighted by molar-refractivity contribution is 5.35. The smallest absolute Gasteiger partial charge is 0.0109 e. The molecule has 0 radical (unpaired) electrons. The molecule has 0 aromatic carbocycles. The molecule has 0 spiro atoms. The molecule has 0 aromatic heterocycles. The van der Waals surface area contributed by atoms with Crippen LogP contribution in [0.3, 0.4) is 0 Å². The van der Waals surface area contributed by atoms with Gasteiger partial charge in [-0.05, 0) is 29.1 Å². The van der Waals surface area contributed by atoms with Crippen LogP contribution in [0.25, 0.3) is 0 Å². The largest absolute Gasteiger partial charge is 0.0670 e. The summed E-state index contributed by atoms with van der Waals surface area (Å²) in [7, 11) is 0. The Bertz CT molecular complexity index is 265. The molecule has 0 N–H and O–H groups in total. The third-order valence-electron chi connectivity index (χ3n) is 3.67. The van der Waals surface area contributed by atoms with Crippen molar-refractivity contribution in [1.82, 2.24) is 0 Å². The lowest BCUT2D eigenvalue weighted by atomic mass is 9.56. The molecule has 1 unspecified atom stereocenters. The van der Waals surface area contributed by atoms with E-state index in [2.05, 4.69) is 55.4 Å². The summed E-state index contributed by atoms with van der Waals surface area (Å²) in [5.41, 5.74) is 4.25. The molecule has 0 fully saturated rings. The average Bonchev–Trinajstić information content (AvgIpc) is 1.72. The molecule has 1 atom stereocenters. The minimum Gasteiger partial charge on any atom is -0.0670 e. The van der Waals surface area contributed by atoms with E-state index in [9.17, 15) is 0 Å². The summed E-state index contributed by atoms with van der Waals surface area (Å²) in [6.45, 7) is 18.9. The molecule has 0 heteroatoms. The van der Waals surface area contributed by atoms with Crippen LogP contribution < -0.4 is 0 Å². The molecule has 88 valence electrons. The number of allylic oxidation sites excluding steroid dienone is 2. The molecular weight excluding hydrogens is 180 g/mol. The van der Waals surface area contributed by atoms with Gasteiger partial charge in [0.1, 0.15) is 0 Å². The molecule has 1 aliphatic carbocycles. The quantitative estimate of drug-likeness (QED) is 0.529. The van der Waals surface area contributed by atoms with Gasteiger partial charge >= 0.3 is 0 Å². The number of rotatable bonds is 1. The van der Waals surface area contributed by atoms with Crippen LogP contribution in [0.2, 0.25) is 0 Å². The van der Waals surface area contributed by atoms with Crippen LogP contribution in [-0.2, 0) is 0 Å². The van der Waals surface area contributed by atoms with E-state index >= 15 is 0 Å². The van der Waals surface area contributed by atoms with Crippen LogP contribution in [0.15, 0.2) is 11.1 Å². The molecule has 0 saturated heterocycles. The maximum atomic E-state index is 2.38. The lowest BCUT2D eigenvalue weighted by Gasteiger charge is -2.49. The van der Waals surface area contributed by atoms with Crippen molar-refractivity contribution in [2.45, 2.75) is 61.8 Å². The van der Waals surface area contributed by atoms with E-state index in [-0.39, 0.29) is 0 Å². The summed E-state index contributed by atoms with van der Waals surface area (Å²) in [5.74, 6) is 1.53. The Morgan fingerprint density at radius 3 is 1.73 bits per heavy atom. The Labute approximate surface area is 96.2 Å². The molecule has 0 amide bonds. The Morgan fingerprint density at radius 1 is 1.00 bits per heavy atom. The summed E-state index contributed by atoms with van der Waals surface area (Å²) >= 11 is 0. The molecule has 1 rings (SSSR count). The van der Waals surface area contributed by atoms with Crippen LogP contribution in [0.4, 0.5) is 0 Å². The van der Waals surface area contributed by atoms with Crippen molar-refractivity contribution in [1.29, 1.82) is 0 Å². The topological polar surface area (TPSA) is 0 Å². The van der Waals surface area contributed by atoms with E-state index in [0.717, 1.165) is 11.8 Å². The zero-order valence-corrected chi connectivity index (χ0v) is 11.9. The molecule has 0 saturated carbocycles. The van der Waals surface area contributed by atoms with Gasteiger partial charge < -0.3 is 0 Å². The van der Waals surface area contributed by atoms with E-state index in [4.69, 9.17) is 0 Å². The van der Waals surface area contributed by atoms with Gasteiger partial charge in [0.2, 0.25) is 0 Å². The second kappa shape index (κ2) is 3.64. The van der Waals surface area contributed by atoms with Crippen LogP contribution in [0.5, 0.6) is 0 Å². The van der Waals surface area contributed by atoms with Gasteiger partial charge in [0, 0.05) is 0 Å². The second-order valence-electron chi connectivity index (χ2n) is 7.47. The van der Waals surface area contributed by atoms with E-state index in [0.29, 0.717) is 10.8 Å². The van der Waals surface area contributed by atoms with Gasteiger partial charge in [-0.3, -0.25) is 0 Å². The molecule has 15 heavy (non-hydrogen) atoms. The zero-order chi connectivity index (χ0) is 12.0. The third-order valence-corrected chi connectivity index (χ3v) is 3.67. The monoisotopic (exact) mass is 208 g/mol. The number of hydrogen-bond donors (Lipinski definition) is 0. The molecular formula is C15H28. The van der Waals surface area contributed by atoms with Crippen molar-refractivity contribution in [2.24, 2.45) is 22.7 Å². The van der Waals surface area contributed by atoms with E-state index in [1.165, 1.54) is 6.42 Å². The van der Waals surface area contributed by atoms with E-state index < -0.39 is 0 Å². The van der Waals surface area contributed by atoms with E-state index in [1.807, 2.05) is 0 Å². The van der Waals surface area contributed by atoms with E-state index in [1.54, 1.807) is 11.1 Å². The predicted molar refractivity (Wildman–Crippen MR) is 68.9 cm³/mol. The first-order valence-corrected chi connectivity index (χ1v) is 6.28. The maximum Gasteiger partial charge on any atom is -0.0109 e. The van der Waals surface area contributed by atoms with Gasteiger partial charge in [0.15, 0.2) is 0 Å². The van der Waals surface area contributed by atoms with Crippen molar-refractivity contribution in [3.05, 3.63) is 11.1 Å². The predicted octanol–water partition coefficient (Wildman–Crippen LogP) is 5.05. The van der Waals surface area contributed by atoms with Gasteiger partial charge in [-0.1, -0.05) is 66.5 Å². The summed E-state index contributed by atoms with van der Waals surface area (Å²) < 4.78 is 0. The summed E-state index contributed by atoms with van der Waals surface area (Å²) in [6.07, 6.45) is 1.33. The van der Waals surface area contributed by atoms with Crippen LogP contribution >= 0.6 is 0 Å². The molecule has 0 bridgehead atoms.